The third-order valence-electron chi connectivity index (χ3n) is 0. The van der Waals surface area contributed by atoms with Gasteiger partial charge in [-0.25, -0.2) is 0 Å². The Morgan fingerprint density at radius 3 is 2.00 bits per heavy atom. The van der Waals surface area contributed by atoms with Crippen molar-refractivity contribution in [1.82, 2.24) is 0 Å². The SMILES string of the molecule is NC=O.[H-].[K+]. The van der Waals surface area contributed by atoms with Gasteiger partial charge in [0.05, 0.1) is 0 Å². The van der Waals surface area contributed by atoms with E-state index in [4.69, 9.17) is 4.79 Å². The third-order valence-corrected chi connectivity index (χ3v) is 0. The molecule has 0 heterocycles. The Morgan fingerprint density at radius 2 is 2.00 bits per heavy atom. The number of primary amides is 1. The van der Waals surface area contributed by atoms with Crippen molar-refractivity contribution in [3.05, 3.63) is 0 Å². The molecule has 0 bridgehead atoms. The fourth-order valence-electron chi connectivity index (χ4n) is 0. The maximum Gasteiger partial charge on any atom is 1.00 e. The number of carbonyl (C=O) groups is 1. The molecule has 0 aliphatic carbocycles. The number of carbonyl (C=O) groups excluding carboxylic acids is 1. The van der Waals surface area contributed by atoms with Crippen molar-refractivity contribution >= 4 is 6.41 Å². The first-order chi connectivity index (χ1) is 1.41. The molecule has 0 aromatic heterocycles. The summed E-state index contributed by atoms with van der Waals surface area (Å²) in [5.41, 5.74) is 4.17. The molecule has 0 rings (SSSR count). The van der Waals surface area contributed by atoms with Crippen LogP contribution < -0.4 is 57.1 Å². The van der Waals surface area contributed by atoms with Crippen molar-refractivity contribution in [1.29, 1.82) is 0 Å². The van der Waals surface area contributed by atoms with Gasteiger partial charge in [-0.3, -0.25) is 4.79 Å². The standard InChI is InChI=1S/CH3NO.K.H/c2-1-3;;/h1H,(H2,2,3);;/q;+1;-1. The van der Waals surface area contributed by atoms with Crippen LogP contribution >= 0.6 is 0 Å². The second-order valence-electron chi connectivity index (χ2n) is 0.136. The van der Waals surface area contributed by atoms with Crippen LogP contribution in [0.3, 0.4) is 0 Å². The summed E-state index contributed by atoms with van der Waals surface area (Å²) >= 11 is 0. The largest absolute Gasteiger partial charge is 1.00 e. The molecular weight excluding hydrogens is 81.1 g/mol. The number of rotatable bonds is 0. The molecule has 0 aliphatic rings. The van der Waals surface area contributed by atoms with Gasteiger partial charge in [-0.05, 0) is 0 Å². The van der Waals surface area contributed by atoms with Crippen LogP contribution in [0.1, 0.15) is 1.43 Å². The van der Waals surface area contributed by atoms with Gasteiger partial charge in [0.1, 0.15) is 0 Å². The number of nitrogens with two attached hydrogens (primary N) is 1. The molecule has 0 aromatic carbocycles. The van der Waals surface area contributed by atoms with Gasteiger partial charge in [0.2, 0.25) is 6.41 Å². The molecule has 0 radical (unpaired) electrons. The van der Waals surface area contributed by atoms with Gasteiger partial charge in [-0.15, -0.1) is 0 Å². The van der Waals surface area contributed by atoms with Crippen LogP contribution in [0.15, 0.2) is 0 Å². The van der Waals surface area contributed by atoms with Crippen LogP contribution in [0.4, 0.5) is 0 Å². The van der Waals surface area contributed by atoms with Crippen LogP contribution in [0.25, 0.3) is 0 Å². The molecule has 0 saturated heterocycles. The zero-order valence-electron chi connectivity index (χ0n) is 3.56. The number of amides is 1. The maximum atomic E-state index is 8.58. The second-order valence-corrected chi connectivity index (χ2v) is 0.136. The Morgan fingerprint density at radius 1 is 2.00 bits per heavy atom. The van der Waals surface area contributed by atoms with Crippen LogP contribution in [0.2, 0.25) is 0 Å². The topological polar surface area (TPSA) is 43.1 Å². The zero-order valence-corrected chi connectivity index (χ0v) is 5.69. The van der Waals surface area contributed by atoms with Crippen LogP contribution in [0.5, 0.6) is 0 Å². The van der Waals surface area contributed by atoms with Crippen molar-refractivity contribution in [2.75, 3.05) is 0 Å². The first-order valence-corrected chi connectivity index (χ1v) is 0.569. The molecule has 0 saturated carbocycles. The van der Waals surface area contributed by atoms with Gasteiger partial charge in [0, 0.05) is 0 Å². The number of hydrogen-bond donors (Lipinski definition) is 1. The van der Waals surface area contributed by atoms with E-state index in [1.807, 2.05) is 0 Å². The van der Waals surface area contributed by atoms with Gasteiger partial charge in [0.15, 0.2) is 0 Å². The molecule has 4 heavy (non-hydrogen) atoms. The summed E-state index contributed by atoms with van der Waals surface area (Å²) in [5, 5.41) is 0. The van der Waals surface area contributed by atoms with E-state index >= 15 is 0 Å². The smallest absolute Gasteiger partial charge is 1.00 e. The third kappa shape index (κ3) is 11.3. The van der Waals surface area contributed by atoms with Crippen molar-refractivity contribution in [2.45, 2.75) is 0 Å². The summed E-state index contributed by atoms with van der Waals surface area (Å²) in [4.78, 5) is 8.58. The monoisotopic (exact) mass is 85.0 g/mol. The molecule has 2 nitrogen and oxygen atoms in total. The average Bonchev–Trinajstić information content (AvgIpc) is 0.918. The van der Waals surface area contributed by atoms with E-state index in [1.165, 1.54) is 0 Å². The molecule has 0 fully saturated rings. The molecule has 0 spiro atoms. The molecule has 20 valence electrons. The van der Waals surface area contributed by atoms with E-state index in [9.17, 15) is 0 Å². The number of hydrogen-bond acceptors (Lipinski definition) is 1. The quantitative estimate of drug-likeness (QED) is 0.238. The Bertz CT molecular complexity index is 19.1. The molecule has 0 aromatic rings. The second kappa shape index (κ2) is 8.93. The summed E-state index contributed by atoms with van der Waals surface area (Å²) in [6.07, 6.45) is 0.250. The summed E-state index contributed by atoms with van der Waals surface area (Å²) in [5.74, 6) is 0. The first kappa shape index (κ1) is 8.92. The van der Waals surface area contributed by atoms with Gasteiger partial charge in [-0.1, -0.05) is 0 Å². The van der Waals surface area contributed by atoms with E-state index in [2.05, 4.69) is 5.73 Å². The van der Waals surface area contributed by atoms with Gasteiger partial charge >= 0.3 is 51.4 Å². The molecular formula is CH4KNO. The minimum absolute atomic E-state index is 0. The molecule has 3 heteroatoms. The van der Waals surface area contributed by atoms with Gasteiger partial charge in [0.25, 0.3) is 0 Å². The van der Waals surface area contributed by atoms with E-state index in [0.717, 1.165) is 0 Å². The fraction of sp³-hybridized carbons (Fsp3) is 0. The molecule has 2 N–H and O–H groups in total. The Balaban J connectivity index is -0.0000000200. The predicted octanol–water partition coefficient (Wildman–Crippen LogP) is -3.78. The summed E-state index contributed by atoms with van der Waals surface area (Å²) in [6, 6.07) is 0. The molecule has 1 amide bonds. The molecule has 0 aliphatic heterocycles. The summed E-state index contributed by atoms with van der Waals surface area (Å²) in [7, 11) is 0. The van der Waals surface area contributed by atoms with E-state index < -0.39 is 0 Å². The predicted molar refractivity (Wildman–Crippen MR) is 11.4 cm³/mol. The Labute approximate surface area is 68.6 Å². The van der Waals surface area contributed by atoms with Crippen LogP contribution in [0, 0.1) is 0 Å². The maximum absolute atomic E-state index is 8.58. The van der Waals surface area contributed by atoms with Crippen molar-refractivity contribution in [3.8, 4) is 0 Å². The normalized spacial score (nSPS) is 3.00. The summed E-state index contributed by atoms with van der Waals surface area (Å²) in [6.45, 7) is 0. The van der Waals surface area contributed by atoms with Crippen LogP contribution in [-0.4, -0.2) is 6.41 Å². The van der Waals surface area contributed by atoms with Gasteiger partial charge < -0.3 is 7.16 Å². The summed E-state index contributed by atoms with van der Waals surface area (Å²) < 4.78 is 0. The first-order valence-electron chi connectivity index (χ1n) is 0.569. The van der Waals surface area contributed by atoms with Crippen molar-refractivity contribution in [2.24, 2.45) is 5.73 Å². The minimum Gasteiger partial charge on any atom is -1.00 e. The van der Waals surface area contributed by atoms with Gasteiger partial charge in [-0.2, -0.15) is 0 Å². The van der Waals surface area contributed by atoms with Crippen molar-refractivity contribution < 1.29 is 57.6 Å². The van der Waals surface area contributed by atoms with E-state index in [1.54, 1.807) is 0 Å². The Hall–Kier alpha value is 1.11. The van der Waals surface area contributed by atoms with Crippen molar-refractivity contribution in [3.63, 3.8) is 0 Å². The fourth-order valence-corrected chi connectivity index (χ4v) is 0. The van der Waals surface area contributed by atoms with Crippen LogP contribution in [-0.2, 0) is 4.79 Å². The Kier molecular flexibility index (Phi) is 19.9. The van der Waals surface area contributed by atoms with E-state index in [-0.39, 0.29) is 59.2 Å². The minimum atomic E-state index is 0. The zero-order chi connectivity index (χ0) is 2.71. The van der Waals surface area contributed by atoms with E-state index in [0.29, 0.717) is 0 Å². The molecule has 0 unspecified atom stereocenters. The average molecular weight is 85.1 g/mol. The molecule has 0 atom stereocenters.